The molecule has 8 heteroatoms. The number of amides is 1. The molecule has 1 heterocycles. The number of rotatable bonds is 6. The van der Waals surface area contributed by atoms with Crippen molar-refractivity contribution in [3.63, 3.8) is 0 Å². The Morgan fingerprint density at radius 3 is 2.41 bits per heavy atom. The van der Waals surface area contributed by atoms with Crippen LogP contribution >= 0.6 is 22.9 Å². The van der Waals surface area contributed by atoms with Crippen LogP contribution in [0.1, 0.15) is 11.8 Å². The highest BCUT2D eigenvalue weighted by molar-refractivity contribution is 7.89. The molecule has 1 amide bonds. The van der Waals surface area contributed by atoms with Crippen LogP contribution in [0.2, 0.25) is 4.34 Å². The third-order valence-corrected chi connectivity index (χ3v) is 5.55. The lowest BCUT2D eigenvalue weighted by Crippen LogP contribution is -2.25. The van der Waals surface area contributed by atoms with Crippen LogP contribution in [0, 0.1) is 0 Å². The number of nitrogens with one attached hydrogen (secondary N) is 2. The molecule has 2 N–H and O–H groups in total. The van der Waals surface area contributed by atoms with Gasteiger partial charge in [-0.1, -0.05) is 11.6 Å². The maximum Gasteiger partial charge on any atom is 0.240 e. The monoisotopic (exact) mass is 358 g/mol. The number of carbonyl (C=O) groups is 1. The molecule has 0 saturated carbocycles. The van der Waals surface area contributed by atoms with E-state index in [2.05, 4.69) is 10.0 Å². The number of halogens is 1. The van der Waals surface area contributed by atoms with Crippen LogP contribution in [0.5, 0.6) is 0 Å². The van der Waals surface area contributed by atoms with Crippen molar-refractivity contribution in [2.75, 3.05) is 11.9 Å². The Balaban J connectivity index is 1.96. The van der Waals surface area contributed by atoms with Gasteiger partial charge in [-0.15, -0.1) is 11.3 Å². The van der Waals surface area contributed by atoms with Gasteiger partial charge in [0.1, 0.15) is 0 Å². The molecular weight excluding hydrogens is 344 g/mol. The van der Waals surface area contributed by atoms with Crippen molar-refractivity contribution in [1.82, 2.24) is 4.72 Å². The minimum Gasteiger partial charge on any atom is -0.326 e. The molecule has 0 aliphatic heterocycles. The summed E-state index contributed by atoms with van der Waals surface area (Å²) < 4.78 is 27.5. The Morgan fingerprint density at radius 1 is 1.18 bits per heavy atom. The molecule has 5 nitrogen and oxygen atoms in total. The van der Waals surface area contributed by atoms with Crippen molar-refractivity contribution in [2.24, 2.45) is 0 Å². The standard InChI is InChI=1S/C14H15ClN2O3S2/c1-10(18)17-11-2-5-13(6-3-11)22(19,20)16-9-8-12-4-7-14(15)21-12/h2-7,16H,8-9H2,1H3,(H,17,18). The number of carbonyl (C=O) groups excluding carboxylic acids is 1. The zero-order valence-electron chi connectivity index (χ0n) is 11.8. The number of hydrogen-bond donors (Lipinski definition) is 2. The van der Waals surface area contributed by atoms with E-state index in [0.29, 0.717) is 23.0 Å². The van der Waals surface area contributed by atoms with Crippen molar-refractivity contribution in [3.8, 4) is 0 Å². The van der Waals surface area contributed by atoms with Crippen LogP contribution in [0.4, 0.5) is 5.69 Å². The SMILES string of the molecule is CC(=O)Nc1ccc(S(=O)(=O)NCCc2ccc(Cl)s2)cc1. The summed E-state index contributed by atoms with van der Waals surface area (Å²) in [6, 6.07) is 9.68. The Labute approximate surface area is 138 Å². The summed E-state index contributed by atoms with van der Waals surface area (Å²) in [6.07, 6.45) is 0.584. The lowest BCUT2D eigenvalue weighted by atomic mass is 10.3. The number of hydrogen-bond acceptors (Lipinski definition) is 4. The minimum atomic E-state index is -3.56. The van der Waals surface area contributed by atoms with Gasteiger partial charge >= 0.3 is 0 Å². The van der Waals surface area contributed by atoms with Gasteiger partial charge in [-0.05, 0) is 42.8 Å². The molecule has 22 heavy (non-hydrogen) atoms. The fourth-order valence-electron chi connectivity index (χ4n) is 1.80. The van der Waals surface area contributed by atoms with Gasteiger partial charge in [0.05, 0.1) is 9.23 Å². The maximum absolute atomic E-state index is 12.1. The number of sulfonamides is 1. The summed E-state index contributed by atoms with van der Waals surface area (Å²) in [6.45, 7) is 1.69. The van der Waals surface area contributed by atoms with Crippen LogP contribution in [0.15, 0.2) is 41.3 Å². The van der Waals surface area contributed by atoms with Crippen LogP contribution in [-0.2, 0) is 21.2 Å². The Morgan fingerprint density at radius 2 is 1.86 bits per heavy atom. The van der Waals surface area contributed by atoms with E-state index in [1.54, 1.807) is 18.2 Å². The van der Waals surface area contributed by atoms with Gasteiger partial charge in [-0.2, -0.15) is 0 Å². The third kappa shape index (κ3) is 4.81. The molecule has 1 aromatic heterocycles. The van der Waals surface area contributed by atoms with E-state index in [-0.39, 0.29) is 10.8 Å². The highest BCUT2D eigenvalue weighted by atomic mass is 35.5. The van der Waals surface area contributed by atoms with Gasteiger partial charge < -0.3 is 5.32 Å². The molecular formula is C14H15ClN2O3S2. The Kier molecular flexibility index (Phi) is 5.57. The van der Waals surface area contributed by atoms with E-state index in [1.807, 2.05) is 6.07 Å². The summed E-state index contributed by atoms with van der Waals surface area (Å²) in [5.74, 6) is -0.205. The first-order chi connectivity index (χ1) is 10.4. The van der Waals surface area contributed by atoms with Crippen molar-refractivity contribution >= 4 is 44.6 Å². The largest absolute Gasteiger partial charge is 0.326 e. The maximum atomic E-state index is 12.1. The molecule has 0 unspecified atom stereocenters. The lowest BCUT2D eigenvalue weighted by Gasteiger charge is -2.07. The number of thiophene rings is 1. The predicted molar refractivity (Wildman–Crippen MR) is 89.0 cm³/mol. The molecule has 0 spiro atoms. The lowest BCUT2D eigenvalue weighted by molar-refractivity contribution is -0.114. The molecule has 0 fully saturated rings. The topological polar surface area (TPSA) is 75.3 Å². The quantitative estimate of drug-likeness (QED) is 0.833. The van der Waals surface area contributed by atoms with Gasteiger partial charge in [-0.25, -0.2) is 13.1 Å². The summed E-state index contributed by atoms with van der Waals surface area (Å²) in [5.41, 5.74) is 0.555. The fraction of sp³-hybridized carbons (Fsp3) is 0.214. The van der Waals surface area contributed by atoms with Crippen molar-refractivity contribution in [3.05, 3.63) is 45.6 Å². The van der Waals surface area contributed by atoms with E-state index in [1.165, 1.54) is 30.4 Å². The van der Waals surface area contributed by atoms with Crippen LogP contribution < -0.4 is 10.0 Å². The molecule has 0 aliphatic carbocycles. The molecule has 118 valence electrons. The van der Waals surface area contributed by atoms with E-state index >= 15 is 0 Å². The van der Waals surface area contributed by atoms with E-state index in [4.69, 9.17) is 11.6 Å². The number of anilines is 1. The summed E-state index contributed by atoms with van der Waals surface area (Å²) in [7, 11) is -3.56. The first-order valence-corrected chi connectivity index (χ1v) is 9.16. The van der Waals surface area contributed by atoms with Crippen molar-refractivity contribution in [1.29, 1.82) is 0 Å². The third-order valence-electron chi connectivity index (χ3n) is 2.78. The minimum absolute atomic E-state index is 0.158. The molecule has 2 rings (SSSR count). The zero-order chi connectivity index (χ0) is 16.2. The molecule has 0 aliphatic rings. The van der Waals surface area contributed by atoms with Crippen LogP contribution in [0.3, 0.4) is 0 Å². The van der Waals surface area contributed by atoms with Gasteiger partial charge in [-0.3, -0.25) is 4.79 Å². The second-order valence-electron chi connectivity index (χ2n) is 4.56. The molecule has 2 aromatic rings. The fourth-order valence-corrected chi connectivity index (χ4v) is 3.92. The Hall–Kier alpha value is -1.41. The molecule has 0 radical (unpaired) electrons. The van der Waals surface area contributed by atoms with Crippen LogP contribution in [0.25, 0.3) is 0 Å². The Bertz CT molecular complexity index is 755. The predicted octanol–water partition coefficient (Wildman–Crippen LogP) is 2.88. The van der Waals surface area contributed by atoms with Gasteiger partial charge in [0.25, 0.3) is 0 Å². The van der Waals surface area contributed by atoms with Gasteiger partial charge in [0, 0.05) is 24.0 Å². The summed E-state index contributed by atoms with van der Waals surface area (Å²) in [4.78, 5) is 12.1. The van der Waals surface area contributed by atoms with Crippen LogP contribution in [-0.4, -0.2) is 20.9 Å². The second-order valence-corrected chi connectivity index (χ2v) is 8.13. The zero-order valence-corrected chi connectivity index (χ0v) is 14.2. The average molecular weight is 359 g/mol. The van der Waals surface area contributed by atoms with Gasteiger partial charge in [0.15, 0.2) is 0 Å². The van der Waals surface area contributed by atoms with Gasteiger partial charge in [0.2, 0.25) is 15.9 Å². The van der Waals surface area contributed by atoms with E-state index in [9.17, 15) is 13.2 Å². The molecule has 0 saturated heterocycles. The number of benzene rings is 1. The normalized spacial score (nSPS) is 11.4. The molecule has 0 bridgehead atoms. The van der Waals surface area contributed by atoms with E-state index < -0.39 is 10.0 Å². The molecule has 1 aromatic carbocycles. The first kappa shape index (κ1) is 17.0. The second kappa shape index (κ2) is 7.23. The van der Waals surface area contributed by atoms with Crippen molar-refractivity contribution in [2.45, 2.75) is 18.2 Å². The highest BCUT2D eigenvalue weighted by Crippen LogP contribution is 2.21. The summed E-state index contributed by atoms with van der Waals surface area (Å²) >= 11 is 7.26. The average Bonchev–Trinajstić information content (AvgIpc) is 2.84. The van der Waals surface area contributed by atoms with Crippen molar-refractivity contribution < 1.29 is 13.2 Å². The first-order valence-electron chi connectivity index (χ1n) is 6.48. The smallest absolute Gasteiger partial charge is 0.240 e. The molecule has 0 atom stereocenters. The summed E-state index contributed by atoms with van der Waals surface area (Å²) in [5, 5.41) is 2.59. The van der Waals surface area contributed by atoms with E-state index in [0.717, 1.165) is 4.88 Å². The highest BCUT2D eigenvalue weighted by Gasteiger charge is 2.13.